The highest BCUT2D eigenvalue weighted by atomic mass is 16.6. The number of hydrogen-bond acceptors (Lipinski definition) is 3. The molecule has 2 fully saturated rings. The topological polar surface area (TPSA) is 45.4 Å². The lowest BCUT2D eigenvalue weighted by molar-refractivity contribution is -0.126. The molecule has 0 bridgehead atoms. The average Bonchev–Trinajstić information content (AvgIpc) is 3.31. The molecule has 0 N–H and O–H groups in total. The van der Waals surface area contributed by atoms with Gasteiger partial charge in [0.15, 0.2) is 0 Å². The van der Waals surface area contributed by atoms with Gasteiger partial charge < -0.3 is 14.4 Å². The predicted octanol–water partition coefficient (Wildman–Crippen LogP) is 1.33. The van der Waals surface area contributed by atoms with Gasteiger partial charge in [0.05, 0.1) is 25.4 Å². The van der Waals surface area contributed by atoms with Gasteiger partial charge in [-0.15, -0.1) is 0 Å². The molecular weight excluding hydrogens is 242 g/mol. The molecule has 0 aliphatic carbocycles. The first-order chi connectivity index (χ1) is 9.31. The summed E-state index contributed by atoms with van der Waals surface area (Å²) < 4.78 is 10.4. The number of rotatable bonds is 6. The summed E-state index contributed by atoms with van der Waals surface area (Å²) in [4.78, 5) is 14.0. The van der Waals surface area contributed by atoms with Gasteiger partial charge in [-0.2, -0.15) is 0 Å². The molecule has 2 unspecified atom stereocenters. The van der Waals surface area contributed by atoms with Crippen molar-refractivity contribution in [2.24, 2.45) is 0 Å². The molecule has 1 aromatic carbocycles. The number of carbonyl (C=O) groups is 1. The number of benzene rings is 1. The number of epoxide rings is 2. The van der Waals surface area contributed by atoms with Crippen LogP contribution in [0.3, 0.4) is 0 Å². The first-order valence-corrected chi connectivity index (χ1v) is 6.56. The Kier molecular flexibility index (Phi) is 3.62. The van der Waals surface area contributed by atoms with Crippen molar-refractivity contribution in [3.05, 3.63) is 42.0 Å². The minimum Gasteiger partial charge on any atom is -0.371 e. The largest absolute Gasteiger partial charge is 0.371 e. The maximum Gasteiger partial charge on any atom is 0.246 e. The first-order valence-electron chi connectivity index (χ1n) is 6.56. The highest BCUT2D eigenvalue weighted by Gasteiger charge is 2.32. The van der Waals surface area contributed by atoms with Gasteiger partial charge in [0.2, 0.25) is 5.91 Å². The van der Waals surface area contributed by atoms with Crippen LogP contribution in [0.5, 0.6) is 0 Å². The van der Waals surface area contributed by atoms with E-state index in [-0.39, 0.29) is 18.1 Å². The van der Waals surface area contributed by atoms with E-state index in [1.807, 2.05) is 41.3 Å². The highest BCUT2D eigenvalue weighted by molar-refractivity contribution is 5.91. The van der Waals surface area contributed by atoms with E-state index in [2.05, 4.69) is 0 Å². The minimum absolute atomic E-state index is 0.0230. The number of nitrogens with zero attached hydrogens (tertiary/aromatic N) is 1. The fourth-order valence-electron chi connectivity index (χ4n) is 1.93. The Labute approximate surface area is 112 Å². The van der Waals surface area contributed by atoms with E-state index >= 15 is 0 Å². The smallest absolute Gasteiger partial charge is 0.246 e. The SMILES string of the molecule is O=C(C=Cc1ccccc1)N(CC1CO1)CC1CO1. The number of amides is 1. The summed E-state index contributed by atoms with van der Waals surface area (Å²) in [5.74, 6) is 0.0230. The zero-order chi connectivity index (χ0) is 13.1. The molecule has 2 aliphatic heterocycles. The van der Waals surface area contributed by atoms with Crippen molar-refractivity contribution in [2.45, 2.75) is 12.2 Å². The van der Waals surface area contributed by atoms with Crippen LogP contribution in [-0.4, -0.2) is 49.3 Å². The maximum atomic E-state index is 12.2. The molecule has 1 aromatic rings. The van der Waals surface area contributed by atoms with Gasteiger partial charge in [-0.1, -0.05) is 30.3 Å². The molecule has 1 amide bonds. The Morgan fingerprint density at radius 1 is 1.16 bits per heavy atom. The molecule has 2 saturated heterocycles. The summed E-state index contributed by atoms with van der Waals surface area (Å²) in [6, 6.07) is 9.82. The second kappa shape index (κ2) is 5.55. The lowest BCUT2D eigenvalue weighted by Crippen LogP contribution is -2.36. The third-order valence-corrected chi connectivity index (χ3v) is 3.18. The van der Waals surface area contributed by atoms with Gasteiger partial charge in [0.25, 0.3) is 0 Å². The molecule has 4 nitrogen and oxygen atoms in total. The van der Waals surface area contributed by atoms with Crippen LogP contribution in [0.15, 0.2) is 36.4 Å². The van der Waals surface area contributed by atoms with E-state index in [9.17, 15) is 4.79 Å². The van der Waals surface area contributed by atoms with Gasteiger partial charge in [0.1, 0.15) is 0 Å². The van der Waals surface area contributed by atoms with Crippen molar-refractivity contribution < 1.29 is 14.3 Å². The average molecular weight is 259 g/mol. The van der Waals surface area contributed by atoms with Crippen LogP contribution in [-0.2, 0) is 14.3 Å². The fraction of sp³-hybridized carbons (Fsp3) is 0.400. The van der Waals surface area contributed by atoms with Crippen LogP contribution < -0.4 is 0 Å². The van der Waals surface area contributed by atoms with Gasteiger partial charge in [0, 0.05) is 19.2 Å². The number of hydrogen-bond donors (Lipinski definition) is 0. The van der Waals surface area contributed by atoms with Crippen LogP contribution in [0.2, 0.25) is 0 Å². The molecule has 3 rings (SSSR count). The summed E-state index contributed by atoms with van der Waals surface area (Å²) in [5, 5.41) is 0. The quantitative estimate of drug-likeness (QED) is 0.572. The Bertz CT molecular complexity index is 450. The van der Waals surface area contributed by atoms with Crippen LogP contribution >= 0.6 is 0 Å². The van der Waals surface area contributed by atoms with Gasteiger partial charge >= 0.3 is 0 Å². The summed E-state index contributed by atoms with van der Waals surface area (Å²) in [6.07, 6.45) is 3.90. The summed E-state index contributed by atoms with van der Waals surface area (Å²) in [5.41, 5.74) is 1.03. The Morgan fingerprint density at radius 3 is 2.26 bits per heavy atom. The summed E-state index contributed by atoms with van der Waals surface area (Å²) >= 11 is 0. The molecule has 2 heterocycles. The maximum absolute atomic E-state index is 12.2. The molecule has 19 heavy (non-hydrogen) atoms. The molecule has 2 aliphatic rings. The van der Waals surface area contributed by atoms with Crippen molar-refractivity contribution in [1.82, 2.24) is 4.90 Å². The standard InChI is InChI=1S/C15H17NO3/c17-15(7-6-12-4-2-1-3-5-12)16(8-13-10-18-13)9-14-11-19-14/h1-7,13-14H,8-11H2. The van der Waals surface area contributed by atoms with Crippen molar-refractivity contribution in [3.8, 4) is 0 Å². The molecule has 100 valence electrons. The monoisotopic (exact) mass is 259 g/mol. The van der Waals surface area contributed by atoms with Crippen molar-refractivity contribution in [2.75, 3.05) is 26.3 Å². The van der Waals surface area contributed by atoms with E-state index in [0.717, 1.165) is 18.8 Å². The molecular formula is C15H17NO3. The second-order valence-corrected chi connectivity index (χ2v) is 4.90. The van der Waals surface area contributed by atoms with Gasteiger partial charge in [-0.25, -0.2) is 0 Å². The first kappa shape index (κ1) is 12.4. The van der Waals surface area contributed by atoms with E-state index < -0.39 is 0 Å². The van der Waals surface area contributed by atoms with Crippen molar-refractivity contribution >= 4 is 12.0 Å². The molecule has 0 saturated carbocycles. The van der Waals surface area contributed by atoms with Gasteiger partial charge in [-0.3, -0.25) is 4.79 Å². The van der Waals surface area contributed by atoms with E-state index in [1.54, 1.807) is 6.08 Å². The van der Waals surface area contributed by atoms with Crippen LogP contribution in [0, 0.1) is 0 Å². The number of carbonyl (C=O) groups excluding carboxylic acids is 1. The normalized spacial score (nSPS) is 24.4. The van der Waals surface area contributed by atoms with Gasteiger partial charge in [-0.05, 0) is 11.6 Å². The molecule has 4 heteroatoms. The Balaban J connectivity index is 1.60. The zero-order valence-corrected chi connectivity index (χ0v) is 10.7. The van der Waals surface area contributed by atoms with Crippen molar-refractivity contribution in [3.63, 3.8) is 0 Å². The minimum atomic E-state index is 0.0230. The lowest BCUT2D eigenvalue weighted by atomic mass is 10.2. The van der Waals surface area contributed by atoms with Crippen LogP contribution in [0.25, 0.3) is 6.08 Å². The summed E-state index contributed by atoms with van der Waals surface area (Å²) in [6.45, 7) is 2.85. The molecule has 0 radical (unpaired) electrons. The second-order valence-electron chi connectivity index (χ2n) is 4.90. The lowest BCUT2D eigenvalue weighted by Gasteiger charge is -2.18. The van der Waals surface area contributed by atoms with E-state index in [4.69, 9.17) is 9.47 Å². The number of ether oxygens (including phenoxy) is 2. The van der Waals surface area contributed by atoms with E-state index in [1.165, 1.54) is 0 Å². The predicted molar refractivity (Wildman–Crippen MR) is 71.5 cm³/mol. The Morgan fingerprint density at radius 2 is 1.74 bits per heavy atom. The van der Waals surface area contributed by atoms with E-state index in [0.29, 0.717) is 13.1 Å². The van der Waals surface area contributed by atoms with Crippen LogP contribution in [0.1, 0.15) is 5.56 Å². The third-order valence-electron chi connectivity index (χ3n) is 3.18. The molecule has 0 spiro atoms. The van der Waals surface area contributed by atoms with Crippen molar-refractivity contribution in [1.29, 1.82) is 0 Å². The third kappa shape index (κ3) is 3.91. The zero-order valence-electron chi connectivity index (χ0n) is 10.7. The molecule has 2 atom stereocenters. The van der Waals surface area contributed by atoms with Crippen LogP contribution in [0.4, 0.5) is 0 Å². The summed E-state index contributed by atoms with van der Waals surface area (Å²) in [7, 11) is 0. The Hall–Kier alpha value is -1.65. The highest BCUT2D eigenvalue weighted by Crippen LogP contribution is 2.16. The molecule has 0 aromatic heterocycles. The fourth-order valence-corrected chi connectivity index (χ4v) is 1.93.